The topological polar surface area (TPSA) is 21.3 Å². The maximum atomic E-state index is 13.7. The van der Waals surface area contributed by atoms with Gasteiger partial charge >= 0.3 is 0 Å². The zero-order chi connectivity index (χ0) is 12.6. The van der Waals surface area contributed by atoms with Gasteiger partial charge in [-0.25, -0.2) is 4.39 Å². The number of ether oxygens (including phenoxy) is 1. The number of hydrogen-bond acceptors (Lipinski definition) is 2. The largest absolute Gasteiger partial charge is 0.375 e. The van der Waals surface area contributed by atoms with Crippen LogP contribution in [0.25, 0.3) is 0 Å². The zero-order valence-electron chi connectivity index (χ0n) is 10.2. The Labute approximate surface area is 111 Å². The summed E-state index contributed by atoms with van der Waals surface area (Å²) in [5, 5.41) is 3.78. The van der Waals surface area contributed by atoms with Gasteiger partial charge < -0.3 is 10.1 Å². The van der Waals surface area contributed by atoms with Crippen LogP contribution in [0.4, 0.5) is 4.39 Å². The van der Waals surface area contributed by atoms with Crippen molar-refractivity contribution in [2.45, 2.75) is 37.3 Å². The van der Waals surface area contributed by atoms with Gasteiger partial charge in [0.05, 0.1) is 23.3 Å². The predicted octanol–water partition coefficient (Wildman–Crippen LogP) is 3.24. The summed E-state index contributed by atoms with van der Waals surface area (Å²) in [4.78, 5) is 0. The molecule has 2 atom stereocenters. The van der Waals surface area contributed by atoms with Crippen LogP contribution >= 0.6 is 11.6 Å². The second kappa shape index (κ2) is 4.80. The molecule has 0 aromatic heterocycles. The number of halogens is 2. The molecule has 0 amide bonds. The van der Waals surface area contributed by atoms with Crippen LogP contribution in [0.2, 0.25) is 5.02 Å². The van der Waals surface area contributed by atoms with E-state index in [1.165, 1.54) is 12.5 Å². The third-order valence-corrected chi connectivity index (χ3v) is 4.51. The summed E-state index contributed by atoms with van der Waals surface area (Å²) in [6.45, 7) is 1.52. The van der Waals surface area contributed by atoms with Crippen molar-refractivity contribution >= 4 is 11.6 Å². The van der Waals surface area contributed by atoms with E-state index < -0.39 is 0 Å². The molecule has 1 aromatic rings. The van der Waals surface area contributed by atoms with Crippen molar-refractivity contribution < 1.29 is 9.13 Å². The van der Waals surface area contributed by atoms with Gasteiger partial charge in [-0.2, -0.15) is 0 Å². The first-order chi connectivity index (χ1) is 8.74. The summed E-state index contributed by atoms with van der Waals surface area (Å²) in [6.07, 6.45) is 4.38. The fraction of sp³-hybridized carbons (Fsp3) is 0.571. The van der Waals surface area contributed by atoms with E-state index in [1.807, 2.05) is 6.07 Å². The third-order valence-electron chi connectivity index (χ3n) is 4.13. The summed E-state index contributed by atoms with van der Waals surface area (Å²) in [7, 11) is 0. The Bertz CT molecular complexity index is 439. The van der Waals surface area contributed by atoms with Crippen molar-refractivity contribution in [2.24, 2.45) is 0 Å². The molecule has 3 rings (SSSR count). The van der Waals surface area contributed by atoms with E-state index >= 15 is 0 Å². The van der Waals surface area contributed by atoms with Crippen LogP contribution in [0.3, 0.4) is 0 Å². The van der Waals surface area contributed by atoms with Crippen molar-refractivity contribution in [3.8, 4) is 0 Å². The van der Waals surface area contributed by atoms with Crippen molar-refractivity contribution in [3.63, 3.8) is 0 Å². The normalized spacial score (nSPS) is 32.0. The van der Waals surface area contributed by atoms with Crippen LogP contribution in [0.1, 0.15) is 31.2 Å². The van der Waals surface area contributed by atoms with Crippen molar-refractivity contribution in [3.05, 3.63) is 34.6 Å². The second-order valence-electron chi connectivity index (χ2n) is 5.10. The van der Waals surface area contributed by atoms with Crippen LogP contribution < -0.4 is 5.32 Å². The lowest BCUT2D eigenvalue weighted by Gasteiger charge is -2.48. The number of hydrogen-bond donors (Lipinski definition) is 1. The van der Waals surface area contributed by atoms with Gasteiger partial charge in [0.25, 0.3) is 0 Å². The summed E-state index contributed by atoms with van der Waals surface area (Å²) in [5.41, 5.74) is 0.559. The quantitative estimate of drug-likeness (QED) is 0.845. The molecule has 18 heavy (non-hydrogen) atoms. The van der Waals surface area contributed by atoms with Crippen molar-refractivity contribution in [1.29, 1.82) is 0 Å². The highest BCUT2D eigenvalue weighted by Gasteiger charge is 2.46. The zero-order valence-corrected chi connectivity index (χ0v) is 11.0. The Morgan fingerprint density at radius 2 is 2.28 bits per heavy atom. The number of morpholine rings is 1. The van der Waals surface area contributed by atoms with Crippen LogP contribution in [-0.4, -0.2) is 19.3 Å². The van der Waals surface area contributed by atoms with Crippen molar-refractivity contribution in [1.82, 2.24) is 5.32 Å². The Morgan fingerprint density at radius 3 is 3.17 bits per heavy atom. The summed E-state index contributed by atoms with van der Waals surface area (Å²) >= 11 is 6.17. The highest BCUT2D eigenvalue weighted by Crippen LogP contribution is 2.43. The Morgan fingerprint density at radius 1 is 1.39 bits per heavy atom. The van der Waals surface area contributed by atoms with Crippen LogP contribution in [-0.2, 0) is 10.3 Å². The molecule has 1 saturated heterocycles. The molecule has 98 valence electrons. The smallest absolute Gasteiger partial charge is 0.142 e. The number of fused-ring (bicyclic) bond motifs is 1. The molecule has 2 nitrogen and oxygen atoms in total. The Hall–Kier alpha value is -0.640. The lowest BCUT2D eigenvalue weighted by Crippen LogP contribution is -2.59. The van der Waals surface area contributed by atoms with Gasteiger partial charge in [-0.05, 0) is 24.5 Å². The molecule has 0 radical (unpaired) electrons. The average molecular weight is 270 g/mol. The summed E-state index contributed by atoms with van der Waals surface area (Å²) in [5.74, 6) is -0.347. The van der Waals surface area contributed by atoms with Gasteiger partial charge in [0.2, 0.25) is 0 Å². The van der Waals surface area contributed by atoms with Gasteiger partial charge in [0, 0.05) is 6.54 Å². The monoisotopic (exact) mass is 269 g/mol. The molecule has 0 spiro atoms. The Kier molecular flexibility index (Phi) is 3.31. The molecule has 2 fully saturated rings. The second-order valence-corrected chi connectivity index (χ2v) is 5.48. The number of rotatable bonds is 1. The standard InChI is InChI=1S/C14H17ClFNO/c15-13-10(4-3-5-11(13)16)14-7-2-1-6-12(14)18-9-8-17-14/h3-5,12,17H,1-2,6-9H2. The first-order valence-electron chi connectivity index (χ1n) is 6.55. The van der Waals surface area contributed by atoms with Gasteiger partial charge in [-0.15, -0.1) is 0 Å². The highest BCUT2D eigenvalue weighted by atomic mass is 35.5. The first-order valence-corrected chi connectivity index (χ1v) is 6.93. The molecule has 1 saturated carbocycles. The fourth-order valence-corrected chi connectivity index (χ4v) is 3.59. The molecular weight excluding hydrogens is 253 g/mol. The summed E-state index contributed by atoms with van der Waals surface area (Å²) in [6, 6.07) is 5.06. The van der Waals surface area contributed by atoms with Gasteiger partial charge in [0.15, 0.2) is 0 Å². The van der Waals surface area contributed by atoms with Crippen LogP contribution in [0.5, 0.6) is 0 Å². The molecule has 0 bridgehead atoms. The van der Waals surface area contributed by atoms with E-state index in [0.717, 1.165) is 38.0 Å². The lowest BCUT2D eigenvalue weighted by atomic mass is 9.73. The molecule has 1 aliphatic carbocycles. The highest BCUT2D eigenvalue weighted by molar-refractivity contribution is 6.31. The number of nitrogens with one attached hydrogen (secondary N) is 1. The van der Waals surface area contributed by atoms with Crippen LogP contribution in [0, 0.1) is 5.82 Å². The van der Waals surface area contributed by atoms with Crippen molar-refractivity contribution in [2.75, 3.05) is 13.2 Å². The minimum absolute atomic E-state index is 0.110. The molecule has 1 N–H and O–H groups in total. The third kappa shape index (κ3) is 1.85. The molecule has 1 heterocycles. The molecule has 1 aromatic carbocycles. The van der Waals surface area contributed by atoms with Gasteiger partial charge in [-0.1, -0.05) is 36.6 Å². The molecule has 1 aliphatic heterocycles. The SMILES string of the molecule is Fc1cccc(C23CCCCC2OCCN3)c1Cl. The molecule has 2 unspecified atom stereocenters. The van der Waals surface area contributed by atoms with E-state index in [4.69, 9.17) is 16.3 Å². The maximum absolute atomic E-state index is 13.7. The van der Waals surface area contributed by atoms with E-state index in [1.54, 1.807) is 6.07 Å². The minimum Gasteiger partial charge on any atom is -0.375 e. The maximum Gasteiger partial charge on any atom is 0.142 e. The first kappa shape index (κ1) is 12.4. The van der Waals surface area contributed by atoms with E-state index in [0.29, 0.717) is 0 Å². The Balaban J connectivity index is 2.07. The molecule has 2 aliphatic rings. The van der Waals surface area contributed by atoms with E-state index in [9.17, 15) is 4.39 Å². The fourth-order valence-electron chi connectivity index (χ4n) is 3.30. The van der Waals surface area contributed by atoms with Gasteiger partial charge in [0.1, 0.15) is 5.82 Å². The number of benzene rings is 1. The minimum atomic E-state index is -0.347. The average Bonchev–Trinajstić information content (AvgIpc) is 2.41. The molecular formula is C14H17ClFNO. The van der Waals surface area contributed by atoms with E-state index in [2.05, 4.69) is 5.32 Å². The lowest BCUT2D eigenvalue weighted by molar-refractivity contribution is -0.0756. The van der Waals surface area contributed by atoms with Crippen LogP contribution in [0.15, 0.2) is 18.2 Å². The van der Waals surface area contributed by atoms with Gasteiger partial charge in [-0.3, -0.25) is 0 Å². The molecule has 4 heteroatoms. The summed E-state index contributed by atoms with van der Waals surface area (Å²) < 4.78 is 19.6. The predicted molar refractivity (Wildman–Crippen MR) is 69.3 cm³/mol. The van der Waals surface area contributed by atoms with E-state index in [-0.39, 0.29) is 22.5 Å².